The number of nitrogens with zero attached hydrogens (tertiary/aromatic N) is 3. The van der Waals surface area contributed by atoms with E-state index in [1.807, 2.05) is 6.92 Å². The van der Waals surface area contributed by atoms with E-state index in [4.69, 9.17) is 4.74 Å². The summed E-state index contributed by atoms with van der Waals surface area (Å²) in [6, 6.07) is 0.171. The van der Waals surface area contributed by atoms with Gasteiger partial charge in [-0.15, -0.1) is 5.10 Å². The Morgan fingerprint density at radius 2 is 2.12 bits per heavy atom. The molecular formula is C27H36FN7O7. The van der Waals surface area contributed by atoms with Crippen molar-refractivity contribution in [1.29, 1.82) is 0 Å². The number of ketones is 1. The first-order chi connectivity index (χ1) is 20.1. The van der Waals surface area contributed by atoms with Crippen molar-refractivity contribution >= 4 is 29.5 Å². The maximum Gasteiger partial charge on any atom is 0.321 e. The number of aliphatic carboxylic acids is 1. The van der Waals surface area contributed by atoms with Crippen molar-refractivity contribution in [2.45, 2.75) is 70.6 Å². The van der Waals surface area contributed by atoms with Crippen LogP contribution in [-0.4, -0.2) is 86.5 Å². The summed E-state index contributed by atoms with van der Waals surface area (Å²) in [4.78, 5) is 65.8. The van der Waals surface area contributed by atoms with E-state index >= 15 is 0 Å². The molecule has 2 aliphatic rings. The largest absolute Gasteiger partial charge is 0.480 e. The third-order valence-corrected chi connectivity index (χ3v) is 8.11. The molecule has 0 saturated carbocycles. The molecule has 0 fully saturated rings. The lowest BCUT2D eigenvalue weighted by Gasteiger charge is -2.34. The first-order valence-electron chi connectivity index (χ1n) is 13.9. The number of carboxylic acids is 1. The Balaban J connectivity index is 1.57. The normalized spacial score (nSPS) is 22.8. The van der Waals surface area contributed by atoms with E-state index in [0.717, 1.165) is 5.56 Å². The average Bonchev–Trinajstić information content (AvgIpc) is 3.61. The number of halogens is 1. The first kappa shape index (κ1) is 30.8. The van der Waals surface area contributed by atoms with Gasteiger partial charge in [-0.2, -0.15) is 0 Å². The van der Waals surface area contributed by atoms with Crippen LogP contribution in [0, 0.1) is 11.3 Å². The highest BCUT2D eigenvalue weighted by atomic mass is 19.1. The van der Waals surface area contributed by atoms with Crippen LogP contribution < -0.4 is 16.0 Å². The van der Waals surface area contributed by atoms with Gasteiger partial charge in [0.05, 0.1) is 19.1 Å². The molecule has 5 atom stereocenters. The summed E-state index contributed by atoms with van der Waals surface area (Å²) in [5, 5.41) is 28.3. The van der Waals surface area contributed by atoms with Crippen LogP contribution in [-0.2, 0) is 48.2 Å². The van der Waals surface area contributed by atoms with Gasteiger partial charge < -0.3 is 30.4 Å². The zero-order valence-electron chi connectivity index (χ0n) is 23.5. The Morgan fingerprint density at radius 3 is 2.79 bits per heavy atom. The summed E-state index contributed by atoms with van der Waals surface area (Å²) in [6.07, 6.45) is 4.03. The fourth-order valence-electron chi connectivity index (χ4n) is 5.67. The second-order valence-electron chi connectivity index (χ2n) is 10.8. The number of rotatable bonds is 13. The highest BCUT2D eigenvalue weighted by molar-refractivity contribution is 6.07. The number of aromatic nitrogens is 4. The second-order valence-corrected chi connectivity index (χ2v) is 10.8. The number of hydrogen-bond acceptors (Lipinski definition) is 8. The van der Waals surface area contributed by atoms with Crippen molar-refractivity contribution in [3.05, 3.63) is 35.4 Å². The van der Waals surface area contributed by atoms with Crippen LogP contribution >= 0.6 is 0 Å². The third-order valence-electron chi connectivity index (χ3n) is 8.11. The van der Waals surface area contributed by atoms with Crippen LogP contribution in [0.3, 0.4) is 0 Å². The van der Waals surface area contributed by atoms with Gasteiger partial charge in [-0.1, -0.05) is 25.5 Å². The van der Waals surface area contributed by atoms with Crippen LogP contribution in [0.4, 0.5) is 4.39 Å². The van der Waals surface area contributed by atoms with Crippen LogP contribution in [0.2, 0.25) is 0 Å². The molecule has 3 heterocycles. The van der Waals surface area contributed by atoms with Crippen LogP contribution in [0.15, 0.2) is 18.5 Å². The number of nitrogens with one attached hydrogen (secondary N) is 4. The summed E-state index contributed by atoms with van der Waals surface area (Å²) in [5.41, 5.74) is -0.275. The number of Topliss-reactive ketones (excluding diaryl/α,β-unsaturated/α-hetero) is 1. The SMILES string of the molecule is CCC(C)C(NC(=O)COCCF)C(=O)N[C@H]1CCc2ccn3c2C1C(=O)C[C@@](C(=O)O)(C(=O)NCc1c[nH]nn1)C3. The van der Waals surface area contributed by atoms with Crippen molar-refractivity contribution < 1.29 is 38.2 Å². The Morgan fingerprint density at radius 1 is 1.33 bits per heavy atom. The van der Waals surface area contributed by atoms with Crippen LogP contribution in [0.25, 0.3) is 0 Å². The van der Waals surface area contributed by atoms with E-state index < -0.39 is 72.6 Å². The topological polar surface area (TPSA) is 197 Å². The van der Waals surface area contributed by atoms with E-state index in [-0.39, 0.29) is 25.6 Å². The number of aryl methyl sites for hydroxylation is 1. The van der Waals surface area contributed by atoms with Crippen molar-refractivity contribution in [1.82, 2.24) is 35.9 Å². The molecule has 3 amide bonds. The van der Waals surface area contributed by atoms with E-state index in [9.17, 15) is 33.5 Å². The van der Waals surface area contributed by atoms with Crippen molar-refractivity contribution in [3.63, 3.8) is 0 Å². The summed E-state index contributed by atoms with van der Waals surface area (Å²) in [6.45, 7) is 1.94. The van der Waals surface area contributed by atoms with Gasteiger partial charge in [-0.3, -0.25) is 29.1 Å². The molecular weight excluding hydrogens is 553 g/mol. The molecule has 5 N–H and O–H groups in total. The number of carboxylic acid groups (broad SMARTS) is 1. The number of amides is 3. The highest BCUT2D eigenvalue weighted by Gasteiger charge is 2.54. The molecule has 228 valence electrons. The molecule has 4 rings (SSSR count). The zero-order chi connectivity index (χ0) is 30.4. The minimum absolute atomic E-state index is 0.0774. The number of carbonyl (C=O) groups excluding carboxylic acids is 4. The summed E-state index contributed by atoms with van der Waals surface area (Å²) >= 11 is 0. The molecule has 0 aromatic carbocycles. The van der Waals surface area contributed by atoms with Gasteiger partial charge in [0, 0.05) is 37.1 Å². The lowest BCUT2D eigenvalue weighted by atomic mass is 9.75. The fraction of sp³-hybridized carbons (Fsp3) is 0.593. The van der Waals surface area contributed by atoms with Gasteiger partial charge in [0.2, 0.25) is 17.7 Å². The maximum absolute atomic E-state index is 13.9. The molecule has 0 saturated heterocycles. The Bertz CT molecular complexity index is 1310. The monoisotopic (exact) mass is 589 g/mol. The summed E-state index contributed by atoms with van der Waals surface area (Å²) in [5.74, 6) is -4.98. The average molecular weight is 590 g/mol. The second kappa shape index (κ2) is 13.2. The third kappa shape index (κ3) is 6.35. The minimum Gasteiger partial charge on any atom is -0.480 e. The standard InChI is InChI=1S/C27H36FN7O7/c1-3-15(2)22(32-20(37)13-42-9-7-28)24(38)31-18-5-4-16-6-8-35-14-27(26(40)41,10-19(36)21(18)23(16)35)25(39)29-11-17-12-30-34-33-17/h6,8,12,15,18,21-22H,3-5,7,9-11,13-14H2,1-2H3,(H,29,39)(H,31,38)(H,32,37)(H,40,41)(H,30,33,34)/t15?,18-,21?,22?,27-/m0/s1. The van der Waals surface area contributed by atoms with Crippen molar-refractivity contribution in [3.8, 4) is 0 Å². The maximum atomic E-state index is 13.9. The van der Waals surface area contributed by atoms with E-state index in [1.165, 1.54) is 6.20 Å². The molecule has 0 spiro atoms. The zero-order valence-corrected chi connectivity index (χ0v) is 23.5. The number of H-pyrrole nitrogens is 1. The predicted octanol–water partition coefficient (Wildman–Crippen LogP) is -0.00200. The van der Waals surface area contributed by atoms with E-state index in [0.29, 0.717) is 30.7 Å². The molecule has 1 aliphatic heterocycles. The minimum atomic E-state index is -2.09. The van der Waals surface area contributed by atoms with Crippen LogP contribution in [0.1, 0.15) is 56.0 Å². The van der Waals surface area contributed by atoms with Crippen LogP contribution in [0.5, 0.6) is 0 Å². The molecule has 3 unspecified atom stereocenters. The number of carbonyl (C=O) groups is 5. The smallest absolute Gasteiger partial charge is 0.321 e. The Hall–Kier alpha value is -4.14. The predicted molar refractivity (Wildman–Crippen MR) is 144 cm³/mol. The molecule has 2 aromatic rings. The molecule has 2 aromatic heterocycles. The van der Waals surface area contributed by atoms with Gasteiger partial charge in [0.15, 0.2) is 5.41 Å². The van der Waals surface area contributed by atoms with Crippen molar-refractivity contribution in [2.75, 3.05) is 19.9 Å². The molecule has 14 nitrogen and oxygen atoms in total. The van der Waals surface area contributed by atoms with Gasteiger partial charge >= 0.3 is 5.97 Å². The highest BCUT2D eigenvalue weighted by Crippen LogP contribution is 2.42. The summed E-state index contributed by atoms with van der Waals surface area (Å²) < 4.78 is 18.9. The lowest BCUT2D eigenvalue weighted by molar-refractivity contribution is -0.159. The fourth-order valence-corrected chi connectivity index (χ4v) is 5.67. The van der Waals surface area contributed by atoms with E-state index in [2.05, 4.69) is 31.4 Å². The van der Waals surface area contributed by atoms with Gasteiger partial charge in [-0.25, -0.2) is 4.39 Å². The van der Waals surface area contributed by atoms with Gasteiger partial charge in [-0.05, 0) is 30.4 Å². The van der Waals surface area contributed by atoms with Gasteiger partial charge in [0.25, 0.3) is 0 Å². The quantitative estimate of drug-likeness (QED) is 0.158. The van der Waals surface area contributed by atoms with Crippen molar-refractivity contribution in [2.24, 2.45) is 11.3 Å². The van der Waals surface area contributed by atoms with E-state index in [1.54, 1.807) is 23.8 Å². The Kier molecular flexibility index (Phi) is 9.70. The molecule has 15 heteroatoms. The number of alkyl halides is 1. The van der Waals surface area contributed by atoms with Gasteiger partial charge in [0.1, 0.15) is 30.8 Å². The number of aromatic amines is 1. The molecule has 42 heavy (non-hydrogen) atoms. The Labute approximate surface area is 241 Å². The molecule has 0 bridgehead atoms. The summed E-state index contributed by atoms with van der Waals surface area (Å²) in [7, 11) is 0. The number of ether oxygens (including phenoxy) is 1. The number of hydrogen-bond donors (Lipinski definition) is 5. The lowest BCUT2D eigenvalue weighted by Crippen LogP contribution is -2.55. The molecule has 0 radical (unpaired) electrons. The molecule has 1 aliphatic carbocycles. The first-order valence-corrected chi connectivity index (χ1v) is 13.9.